The molecule has 0 bridgehead atoms. The summed E-state index contributed by atoms with van der Waals surface area (Å²) >= 11 is 0. The van der Waals surface area contributed by atoms with Crippen molar-refractivity contribution in [1.29, 1.82) is 0 Å². The number of carbonyl (C=O) groups is 2. The normalized spacial score (nSPS) is 13.1. The molecule has 0 rings (SSSR count). The molecule has 1 N–H and O–H groups in total. The van der Waals surface area contributed by atoms with E-state index < -0.39 is 6.10 Å². The van der Waals surface area contributed by atoms with E-state index in [4.69, 9.17) is 9.47 Å². The molecular formula is C51H84O5. The monoisotopic (exact) mass is 777 g/mol. The first-order chi connectivity index (χ1) is 27.6. The molecule has 0 amide bonds. The highest BCUT2D eigenvalue weighted by Gasteiger charge is 2.16. The molecule has 5 nitrogen and oxygen atoms in total. The number of unbranched alkanes of at least 4 members (excludes halogenated alkanes) is 16. The lowest BCUT2D eigenvalue weighted by Crippen LogP contribution is -2.28. The molecule has 318 valence electrons. The SMILES string of the molecule is CC/C=C\C/C=C\C/C=C\C/C=C\C/C=C\C/C=C\C/C=C\CCCCCC(=O)OC(CO)COC(=O)CCCCCCCCC/C=C\CCCCCCCC. The zero-order valence-corrected chi connectivity index (χ0v) is 36.1. The number of hydrogen-bond donors (Lipinski definition) is 1. The predicted octanol–water partition coefficient (Wildman–Crippen LogP) is 14.8. The first-order valence-corrected chi connectivity index (χ1v) is 22.8. The van der Waals surface area contributed by atoms with Crippen molar-refractivity contribution in [3.63, 3.8) is 0 Å². The van der Waals surface area contributed by atoms with E-state index in [0.717, 1.165) is 89.9 Å². The van der Waals surface area contributed by atoms with Crippen molar-refractivity contribution in [1.82, 2.24) is 0 Å². The van der Waals surface area contributed by atoms with Crippen LogP contribution in [0.5, 0.6) is 0 Å². The van der Waals surface area contributed by atoms with Gasteiger partial charge in [-0.15, -0.1) is 0 Å². The first-order valence-electron chi connectivity index (χ1n) is 22.8. The van der Waals surface area contributed by atoms with E-state index in [-0.39, 0.29) is 25.2 Å². The van der Waals surface area contributed by atoms with Crippen LogP contribution in [0.15, 0.2) is 97.2 Å². The topological polar surface area (TPSA) is 72.8 Å². The van der Waals surface area contributed by atoms with Gasteiger partial charge in [-0.2, -0.15) is 0 Å². The van der Waals surface area contributed by atoms with Gasteiger partial charge >= 0.3 is 11.9 Å². The summed E-state index contributed by atoms with van der Waals surface area (Å²) < 4.78 is 10.6. The van der Waals surface area contributed by atoms with Crippen molar-refractivity contribution in [3.8, 4) is 0 Å². The van der Waals surface area contributed by atoms with Gasteiger partial charge in [0.05, 0.1) is 6.61 Å². The number of carbonyl (C=O) groups excluding carboxylic acids is 2. The zero-order valence-electron chi connectivity index (χ0n) is 36.1. The Kier molecular flexibility index (Phi) is 43.6. The zero-order chi connectivity index (χ0) is 40.7. The van der Waals surface area contributed by atoms with Gasteiger partial charge in [0.15, 0.2) is 6.10 Å². The van der Waals surface area contributed by atoms with E-state index in [0.29, 0.717) is 12.8 Å². The summed E-state index contributed by atoms with van der Waals surface area (Å²) in [5, 5.41) is 9.59. The second-order valence-electron chi connectivity index (χ2n) is 14.7. The van der Waals surface area contributed by atoms with Crippen LogP contribution in [-0.4, -0.2) is 36.4 Å². The third-order valence-corrected chi connectivity index (χ3v) is 9.36. The van der Waals surface area contributed by atoms with Crippen LogP contribution < -0.4 is 0 Å². The van der Waals surface area contributed by atoms with Crippen LogP contribution in [0.1, 0.15) is 194 Å². The number of aliphatic hydroxyl groups is 1. The maximum Gasteiger partial charge on any atom is 0.306 e. The summed E-state index contributed by atoms with van der Waals surface area (Å²) in [4.78, 5) is 24.4. The molecule has 0 aromatic rings. The van der Waals surface area contributed by atoms with E-state index in [1.54, 1.807) is 0 Å². The van der Waals surface area contributed by atoms with Crippen LogP contribution in [0.2, 0.25) is 0 Å². The minimum absolute atomic E-state index is 0.0873. The number of esters is 2. The highest BCUT2D eigenvalue weighted by Crippen LogP contribution is 2.12. The van der Waals surface area contributed by atoms with E-state index in [1.807, 2.05) is 0 Å². The van der Waals surface area contributed by atoms with Gasteiger partial charge in [0.25, 0.3) is 0 Å². The van der Waals surface area contributed by atoms with Gasteiger partial charge < -0.3 is 14.6 Å². The molecule has 0 radical (unpaired) electrons. The van der Waals surface area contributed by atoms with Crippen LogP contribution in [0.3, 0.4) is 0 Å². The van der Waals surface area contributed by atoms with Gasteiger partial charge in [-0.3, -0.25) is 9.59 Å². The summed E-state index contributed by atoms with van der Waals surface area (Å²) in [6.07, 6.45) is 64.8. The maximum atomic E-state index is 12.2. The van der Waals surface area contributed by atoms with E-state index >= 15 is 0 Å². The molecule has 0 saturated carbocycles. The lowest BCUT2D eigenvalue weighted by Gasteiger charge is -2.15. The van der Waals surface area contributed by atoms with Gasteiger partial charge in [0.1, 0.15) is 6.61 Å². The van der Waals surface area contributed by atoms with Crippen molar-refractivity contribution in [3.05, 3.63) is 97.2 Å². The fourth-order valence-electron chi connectivity index (χ4n) is 5.94. The van der Waals surface area contributed by atoms with Crippen molar-refractivity contribution >= 4 is 11.9 Å². The third kappa shape index (κ3) is 43.5. The van der Waals surface area contributed by atoms with Crippen LogP contribution in [0.4, 0.5) is 0 Å². The molecular weight excluding hydrogens is 693 g/mol. The van der Waals surface area contributed by atoms with Crippen molar-refractivity contribution in [2.75, 3.05) is 13.2 Å². The fraction of sp³-hybridized carbons (Fsp3) is 0.647. The molecule has 0 aliphatic heterocycles. The molecule has 0 heterocycles. The van der Waals surface area contributed by atoms with E-state index in [2.05, 4.69) is 111 Å². The Morgan fingerprint density at radius 3 is 1.20 bits per heavy atom. The second kappa shape index (κ2) is 46.2. The molecule has 1 unspecified atom stereocenters. The number of allylic oxidation sites excluding steroid dienone is 16. The molecule has 0 aromatic carbocycles. The largest absolute Gasteiger partial charge is 0.462 e. The van der Waals surface area contributed by atoms with Gasteiger partial charge in [0, 0.05) is 12.8 Å². The molecule has 0 aliphatic carbocycles. The number of aliphatic hydroxyl groups excluding tert-OH is 1. The smallest absolute Gasteiger partial charge is 0.306 e. The lowest BCUT2D eigenvalue weighted by molar-refractivity contribution is -0.161. The van der Waals surface area contributed by atoms with Crippen LogP contribution in [0, 0.1) is 0 Å². The number of ether oxygens (including phenoxy) is 2. The van der Waals surface area contributed by atoms with Gasteiger partial charge in [-0.25, -0.2) is 0 Å². The van der Waals surface area contributed by atoms with Gasteiger partial charge in [0.2, 0.25) is 0 Å². The average molecular weight is 777 g/mol. The van der Waals surface area contributed by atoms with Crippen LogP contribution in [0.25, 0.3) is 0 Å². The Balaban J connectivity index is 3.67. The van der Waals surface area contributed by atoms with Crippen molar-refractivity contribution in [2.45, 2.75) is 200 Å². The Morgan fingerprint density at radius 1 is 0.429 bits per heavy atom. The van der Waals surface area contributed by atoms with Crippen LogP contribution >= 0.6 is 0 Å². The summed E-state index contributed by atoms with van der Waals surface area (Å²) in [5.74, 6) is -0.640. The summed E-state index contributed by atoms with van der Waals surface area (Å²) in [6, 6.07) is 0. The minimum Gasteiger partial charge on any atom is -0.462 e. The Labute approximate surface area is 345 Å². The second-order valence-corrected chi connectivity index (χ2v) is 14.7. The molecule has 0 aromatic heterocycles. The maximum absolute atomic E-state index is 12.2. The lowest BCUT2D eigenvalue weighted by atomic mass is 10.1. The summed E-state index contributed by atoms with van der Waals surface area (Å²) in [7, 11) is 0. The molecule has 5 heteroatoms. The average Bonchev–Trinajstić information content (AvgIpc) is 3.20. The summed E-state index contributed by atoms with van der Waals surface area (Å²) in [5.41, 5.74) is 0. The standard InChI is InChI=1S/C51H84O5/c1-3-5-7-9-11-13-15-17-19-21-22-23-24-25-26-27-28-30-32-34-36-38-40-42-44-46-51(54)56-49(47-52)48-55-50(53)45-43-41-39-37-35-33-31-29-20-18-16-14-12-10-8-6-4-2/h5,7,11,13,17-20,22-23,25-26,28,30,34,36,49,52H,3-4,6,8-10,12,14-16,21,24,27,29,31-33,35,37-48H2,1-2H3/b7-5-,13-11-,19-17-,20-18-,23-22-,26-25-,30-28-,36-34-. The van der Waals surface area contributed by atoms with Gasteiger partial charge in [-0.05, 0) is 96.3 Å². The van der Waals surface area contributed by atoms with E-state index in [1.165, 1.54) is 77.0 Å². The Hall–Kier alpha value is -3.18. The highest BCUT2D eigenvalue weighted by molar-refractivity contribution is 5.70. The molecule has 1 atom stereocenters. The quantitative estimate of drug-likeness (QED) is 0.0381. The number of hydrogen-bond acceptors (Lipinski definition) is 5. The fourth-order valence-corrected chi connectivity index (χ4v) is 5.94. The highest BCUT2D eigenvalue weighted by atomic mass is 16.6. The van der Waals surface area contributed by atoms with Crippen LogP contribution in [-0.2, 0) is 19.1 Å². The minimum atomic E-state index is -0.797. The Morgan fingerprint density at radius 2 is 0.768 bits per heavy atom. The van der Waals surface area contributed by atoms with E-state index in [9.17, 15) is 14.7 Å². The summed E-state index contributed by atoms with van der Waals surface area (Å²) in [6.45, 7) is 3.98. The van der Waals surface area contributed by atoms with Gasteiger partial charge in [-0.1, -0.05) is 182 Å². The first kappa shape index (κ1) is 52.8. The predicted molar refractivity (Wildman–Crippen MR) is 242 cm³/mol. The molecule has 0 saturated heterocycles. The number of rotatable bonds is 40. The Bertz CT molecular complexity index is 1110. The molecule has 0 aliphatic rings. The van der Waals surface area contributed by atoms with Crippen molar-refractivity contribution < 1.29 is 24.2 Å². The third-order valence-electron chi connectivity index (χ3n) is 9.36. The molecule has 56 heavy (non-hydrogen) atoms. The molecule has 0 fully saturated rings. The van der Waals surface area contributed by atoms with Crippen molar-refractivity contribution in [2.24, 2.45) is 0 Å². The molecule has 0 spiro atoms.